The van der Waals surface area contributed by atoms with E-state index in [9.17, 15) is 9.18 Å². The van der Waals surface area contributed by atoms with E-state index >= 15 is 0 Å². The topological polar surface area (TPSA) is 23.6 Å². The molecule has 0 N–H and O–H groups in total. The predicted octanol–water partition coefficient (Wildman–Crippen LogP) is 3.28. The van der Waals surface area contributed by atoms with Crippen LogP contribution in [0.2, 0.25) is 0 Å². The summed E-state index contributed by atoms with van der Waals surface area (Å²) < 4.78 is 13.2. The molecule has 3 rings (SSSR count). The van der Waals surface area contributed by atoms with Crippen LogP contribution in [-0.2, 0) is 6.54 Å². The molecule has 0 atom stereocenters. The Labute approximate surface area is 140 Å². The molecule has 2 aromatic rings. The van der Waals surface area contributed by atoms with Crippen LogP contribution < -0.4 is 0 Å². The summed E-state index contributed by atoms with van der Waals surface area (Å²) in [6.45, 7) is 5.46. The maximum absolute atomic E-state index is 13.2. The summed E-state index contributed by atoms with van der Waals surface area (Å²) in [6.07, 6.45) is 0.584. The Bertz CT molecular complexity index is 636. The quantitative estimate of drug-likeness (QED) is 0.759. The van der Waals surface area contributed by atoms with E-state index in [2.05, 4.69) is 9.80 Å². The van der Waals surface area contributed by atoms with Gasteiger partial charge < -0.3 is 4.90 Å². The number of Topliss-reactive ketones (excluding diaryl/α,β-unsaturated/α-hetero) is 1. The van der Waals surface area contributed by atoms with Crippen molar-refractivity contribution in [2.75, 3.05) is 32.7 Å². The van der Waals surface area contributed by atoms with E-state index < -0.39 is 0 Å². The summed E-state index contributed by atoms with van der Waals surface area (Å²) in [4.78, 5) is 16.7. The second-order valence-corrected chi connectivity index (χ2v) is 6.71. The highest BCUT2D eigenvalue weighted by atomic mass is 32.1. The van der Waals surface area contributed by atoms with Gasteiger partial charge in [0.15, 0.2) is 5.78 Å². The molecule has 5 heteroatoms. The third-order valence-electron chi connectivity index (χ3n) is 4.26. The van der Waals surface area contributed by atoms with E-state index in [1.807, 2.05) is 22.9 Å². The Morgan fingerprint density at radius 1 is 1.13 bits per heavy atom. The average molecular weight is 332 g/mol. The molecule has 0 radical (unpaired) electrons. The Hall–Kier alpha value is -1.56. The normalized spacial score (nSPS) is 16.6. The first-order valence-corrected chi connectivity index (χ1v) is 8.89. The number of halogens is 1. The van der Waals surface area contributed by atoms with Crippen LogP contribution in [0.5, 0.6) is 0 Å². The van der Waals surface area contributed by atoms with Gasteiger partial charge in [-0.25, -0.2) is 4.39 Å². The molecule has 23 heavy (non-hydrogen) atoms. The summed E-state index contributed by atoms with van der Waals surface area (Å²) in [6, 6.07) is 8.70. The minimum Gasteiger partial charge on any atom is -0.300 e. The molecule has 0 bridgehead atoms. The largest absolute Gasteiger partial charge is 0.300 e. The lowest BCUT2D eigenvalue weighted by Crippen LogP contribution is -2.46. The molecule has 0 aliphatic carbocycles. The summed E-state index contributed by atoms with van der Waals surface area (Å²) in [5, 5.41) is 3.86. The zero-order valence-electron chi connectivity index (χ0n) is 13.1. The fourth-order valence-corrected chi connectivity index (χ4v) is 3.55. The van der Waals surface area contributed by atoms with Gasteiger partial charge in [-0.1, -0.05) is 12.1 Å². The standard InChI is InChI=1S/C18H21FN2OS/c19-17-3-1-2-15(12-17)13-21-9-7-20(8-10-21)6-4-18(22)16-5-11-23-14-16/h1-3,5,11-12,14H,4,6-10,13H2. The summed E-state index contributed by atoms with van der Waals surface area (Å²) in [7, 11) is 0. The minimum atomic E-state index is -0.173. The van der Waals surface area contributed by atoms with E-state index in [1.54, 1.807) is 23.5 Å². The van der Waals surface area contributed by atoms with E-state index in [-0.39, 0.29) is 11.6 Å². The van der Waals surface area contributed by atoms with E-state index in [0.717, 1.165) is 50.4 Å². The highest BCUT2D eigenvalue weighted by Gasteiger charge is 2.18. The number of rotatable bonds is 6. The monoisotopic (exact) mass is 332 g/mol. The predicted molar refractivity (Wildman–Crippen MR) is 91.4 cm³/mol. The molecule has 0 amide bonds. The molecule has 1 aliphatic heterocycles. The molecule has 1 aromatic heterocycles. The molecule has 2 heterocycles. The third-order valence-corrected chi connectivity index (χ3v) is 4.94. The number of hydrogen-bond donors (Lipinski definition) is 0. The van der Waals surface area contributed by atoms with Gasteiger partial charge >= 0.3 is 0 Å². The Morgan fingerprint density at radius 3 is 2.61 bits per heavy atom. The van der Waals surface area contributed by atoms with Crippen LogP contribution in [-0.4, -0.2) is 48.3 Å². The summed E-state index contributed by atoms with van der Waals surface area (Å²) >= 11 is 1.56. The fraction of sp³-hybridized carbons (Fsp3) is 0.389. The van der Waals surface area contributed by atoms with E-state index in [1.165, 1.54) is 6.07 Å². The van der Waals surface area contributed by atoms with Gasteiger partial charge in [-0.15, -0.1) is 0 Å². The van der Waals surface area contributed by atoms with Gasteiger partial charge in [-0.2, -0.15) is 11.3 Å². The number of piperazine rings is 1. The molecule has 122 valence electrons. The summed E-state index contributed by atoms with van der Waals surface area (Å²) in [5.41, 5.74) is 1.85. The Kier molecular flexibility index (Phi) is 5.54. The van der Waals surface area contributed by atoms with Gasteiger partial charge in [-0.05, 0) is 29.1 Å². The molecule has 0 saturated carbocycles. The van der Waals surface area contributed by atoms with Crippen LogP contribution >= 0.6 is 11.3 Å². The second-order valence-electron chi connectivity index (χ2n) is 5.93. The maximum atomic E-state index is 13.2. The molecule has 1 aromatic carbocycles. The average Bonchev–Trinajstić information content (AvgIpc) is 3.08. The number of ketones is 1. The third kappa shape index (κ3) is 4.70. The zero-order valence-corrected chi connectivity index (χ0v) is 13.9. The molecule has 0 spiro atoms. The molecule has 1 aliphatic rings. The molecule has 1 fully saturated rings. The first kappa shape index (κ1) is 16.3. The number of hydrogen-bond acceptors (Lipinski definition) is 4. The van der Waals surface area contributed by atoms with Gasteiger partial charge in [-0.3, -0.25) is 9.69 Å². The van der Waals surface area contributed by atoms with Crippen molar-refractivity contribution in [3.05, 3.63) is 58.0 Å². The molecule has 0 unspecified atom stereocenters. The van der Waals surface area contributed by atoms with Crippen molar-refractivity contribution in [1.29, 1.82) is 0 Å². The van der Waals surface area contributed by atoms with Gasteiger partial charge in [0.1, 0.15) is 5.82 Å². The maximum Gasteiger partial charge on any atom is 0.164 e. The van der Waals surface area contributed by atoms with Crippen LogP contribution in [0.4, 0.5) is 4.39 Å². The number of nitrogens with zero attached hydrogens (tertiary/aromatic N) is 2. The lowest BCUT2D eigenvalue weighted by atomic mass is 10.1. The van der Waals surface area contributed by atoms with Crippen molar-refractivity contribution >= 4 is 17.1 Å². The highest BCUT2D eigenvalue weighted by Crippen LogP contribution is 2.12. The van der Waals surface area contributed by atoms with Crippen molar-refractivity contribution in [3.8, 4) is 0 Å². The smallest absolute Gasteiger partial charge is 0.164 e. The molecular weight excluding hydrogens is 311 g/mol. The molecular formula is C18H21FN2OS. The van der Waals surface area contributed by atoms with Crippen molar-refractivity contribution in [3.63, 3.8) is 0 Å². The Morgan fingerprint density at radius 2 is 1.91 bits per heavy atom. The van der Waals surface area contributed by atoms with E-state index in [4.69, 9.17) is 0 Å². The van der Waals surface area contributed by atoms with Crippen LogP contribution in [0.1, 0.15) is 22.3 Å². The molecule has 1 saturated heterocycles. The summed E-state index contributed by atoms with van der Waals surface area (Å²) in [5.74, 6) is 0.0570. The van der Waals surface area contributed by atoms with Crippen LogP contribution in [0, 0.1) is 5.82 Å². The highest BCUT2D eigenvalue weighted by molar-refractivity contribution is 7.08. The lowest BCUT2D eigenvalue weighted by Gasteiger charge is -2.34. The second kappa shape index (κ2) is 7.81. The number of benzene rings is 1. The van der Waals surface area contributed by atoms with Gasteiger partial charge in [0, 0.05) is 56.6 Å². The van der Waals surface area contributed by atoms with Crippen LogP contribution in [0.15, 0.2) is 41.1 Å². The lowest BCUT2D eigenvalue weighted by molar-refractivity contribution is 0.0923. The number of carbonyl (C=O) groups excluding carboxylic acids is 1. The van der Waals surface area contributed by atoms with Crippen molar-refractivity contribution in [1.82, 2.24) is 9.80 Å². The number of carbonyl (C=O) groups is 1. The first-order valence-electron chi connectivity index (χ1n) is 7.95. The molecule has 3 nitrogen and oxygen atoms in total. The van der Waals surface area contributed by atoms with Crippen LogP contribution in [0.3, 0.4) is 0 Å². The Balaban J connectivity index is 1.41. The van der Waals surface area contributed by atoms with E-state index in [0.29, 0.717) is 6.42 Å². The number of thiophene rings is 1. The van der Waals surface area contributed by atoms with Crippen molar-refractivity contribution < 1.29 is 9.18 Å². The fourth-order valence-electron chi connectivity index (χ4n) is 2.89. The SMILES string of the molecule is O=C(CCN1CCN(Cc2cccc(F)c2)CC1)c1ccsc1. The zero-order chi connectivity index (χ0) is 16.1. The minimum absolute atomic E-state index is 0.173. The first-order chi connectivity index (χ1) is 11.2. The van der Waals surface area contributed by atoms with Crippen LogP contribution in [0.25, 0.3) is 0 Å². The van der Waals surface area contributed by atoms with Gasteiger partial charge in [0.2, 0.25) is 0 Å². The van der Waals surface area contributed by atoms with Crippen molar-refractivity contribution in [2.45, 2.75) is 13.0 Å². The van der Waals surface area contributed by atoms with Gasteiger partial charge in [0.25, 0.3) is 0 Å². The van der Waals surface area contributed by atoms with Gasteiger partial charge in [0.05, 0.1) is 0 Å². The van der Waals surface area contributed by atoms with Crippen molar-refractivity contribution in [2.24, 2.45) is 0 Å².